The van der Waals surface area contributed by atoms with Crippen molar-refractivity contribution in [3.8, 4) is 0 Å². The molecule has 14 heavy (non-hydrogen) atoms. The van der Waals surface area contributed by atoms with Crippen LogP contribution in [-0.4, -0.2) is 10.7 Å². The highest BCUT2D eigenvalue weighted by Gasteiger charge is 2.04. The number of rotatable bonds is 2. The van der Waals surface area contributed by atoms with E-state index in [2.05, 4.69) is 4.98 Å². The molecule has 0 aliphatic heterocycles. The minimum absolute atomic E-state index is 0.313. The van der Waals surface area contributed by atoms with Gasteiger partial charge in [-0.3, -0.25) is 0 Å². The van der Waals surface area contributed by atoms with Crippen LogP contribution >= 0.6 is 11.8 Å². The fourth-order valence-corrected chi connectivity index (χ4v) is 1.73. The minimum Gasteiger partial charge on any atom is -0.397 e. The number of thioether (sulfide) groups is 1. The minimum atomic E-state index is -0.313. The summed E-state index contributed by atoms with van der Waals surface area (Å²) >= 11 is 1.43. The Hall–Kier alpha value is -1.29. The van der Waals surface area contributed by atoms with Crippen molar-refractivity contribution >= 4 is 22.7 Å². The number of hydrogen-bond acceptors (Lipinski definition) is 4. The fraction of sp³-hybridized carbons (Fsp3) is 0.200. The topological polar surface area (TPSA) is 43.1 Å². The van der Waals surface area contributed by atoms with Gasteiger partial charge < -0.3 is 4.42 Å². The molecule has 2 aromatic rings. The highest BCUT2D eigenvalue weighted by atomic mass is 32.2. The summed E-state index contributed by atoms with van der Waals surface area (Å²) in [6, 6.07) is 7.18. The number of aromatic nitrogens is 1. The second-order valence-electron chi connectivity index (χ2n) is 2.72. The quantitative estimate of drug-likeness (QED) is 0.709. The molecule has 1 aromatic carbocycles. The van der Waals surface area contributed by atoms with E-state index in [1.54, 1.807) is 12.1 Å². The summed E-state index contributed by atoms with van der Waals surface area (Å²) in [4.78, 5) is 15.7. The smallest absolute Gasteiger partial charge is 0.347 e. The lowest BCUT2D eigenvalue weighted by Crippen LogP contribution is -2.01. The lowest BCUT2D eigenvalue weighted by atomic mass is 10.2. The van der Waals surface area contributed by atoms with Gasteiger partial charge in [0.2, 0.25) is 0 Å². The molecule has 0 amide bonds. The van der Waals surface area contributed by atoms with Crippen molar-refractivity contribution in [1.82, 2.24) is 4.98 Å². The van der Waals surface area contributed by atoms with Gasteiger partial charge in [0, 0.05) is 0 Å². The van der Waals surface area contributed by atoms with Crippen LogP contribution in [0.5, 0.6) is 0 Å². The molecule has 72 valence electrons. The average molecular weight is 207 g/mol. The molecule has 0 atom stereocenters. The van der Waals surface area contributed by atoms with E-state index < -0.39 is 0 Å². The van der Waals surface area contributed by atoms with E-state index in [1.165, 1.54) is 11.8 Å². The number of fused-ring (bicyclic) bond motifs is 1. The highest BCUT2D eigenvalue weighted by Crippen LogP contribution is 2.15. The van der Waals surface area contributed by atoms with Crippen molar-refractivity contribution < 1.29 is 4.42 Å². The molecule has 2 rings (SSSR count). The molecular formula is C10H9NO2S. The fourth-order valence-electron chi connectivity index (χ4n) is 1.18. The van der Waals surface area contributed by atoms with Gasteiger partial charge in [0.05, 0.1) is 10.9 Å². The molecular weight excluding hydrogens is 198 g/mol. The molecule has 0 fully saturated rings. The maximum atomic E-state index is 11.5. The molecule has 0 aliphatic carbocycles. The first-order chi connectivity index (χ1) is 6.81. The van der Waals surface area contributed by atoms with Crippen molar-refractivity contribution in [1.29, 1.82) is 0 Å². The Morgan fingerprint density at radius 3 is 3.00 bits per heavy atom. The third-order valence-electron chi connectivity index (χ3n) is 1.78. The molecule has 0 unspecified atom stereocenters. The third kappa shape index (κ3) is 1.65. The van der Waals surface area contributed by atoms with Gasteiger partial charge in [-0.1, -0.05) is 30.8 Å². The number of benzene rings is 1. The molecule has 3 nitrogen and oxygen atoms in total. The summed E-state index contributed by atoms with van der Waals surface area (Å²) in [6.45, 7) is 1.99. The van der Waals surface area contributed by atoms with E-state index >= 15 is 0 Å². The van der Waals surface area contributed by atoms with Gasteiger partial charge in [-0.2, -0.15) is 0 Å². The van der Waals surface area contributed by atoms with E-state index in [0.717, 1.165) is 5.75 Å². The second kappa shape index (κ2) is 3.84. The predicted octanol–water partition coefficient (Wildman–Crippen LogP) is 2.30. The number of nitrogens with zero attached hydrogens (tertiary/aromatic N) is 1. The average Bonchev–Trinajstić information content (AvgIpc) is 2.18. The van der Waals surface area contributed by atoms with Crippen molar-refractivity contribution in [3.05, 3.63) is 34.7 Å². The van der Waals surface area contributed by atoms with Gasteiger partial charge in [0.15, 0.2) is 0 Å². The molecule has 0 saturated carbocycles. The maximum absolute atomic E-state index is 11.5. The van der Waals surface area contributed by atoms with Crippen LogP contribution in [0.4, 0.5) is 0 Å². The van der Waals surface area contributed by atoms with E-state index in [4.69, 9.17) is 4.42 Å². The van der Waals surface area contributed by atoms with Crippen molar-refractivity contribution in [2.75, 3.05) is 5.75 Å². The lowest BCUT2D eigenvalue weighted by molar-refractivity contribution is 0.401. The largest absolute Gasteiger partial charge is 0.397 e. The Kier molecular flexibility index (Phi) is 2.54. The van der Waals surface area contributed by atoms with Crippen LogP contribution in [0, 0.1) is 0 Å². The van der Waals surface area contributed by atoms with Crippen LogP contribution in [0.2, 0.25) is 0 Å². The summed E-state index contributed by atoms with van der Waals surface area (Å²) in [5.41, 5.74) is 0.381. The summed E-state index contributed by atoms with van der Waals surface area (Å²) < 4.78 is 5.03. The number of hydrogen-bond donors (Lipinski definition) is 0. The highest BCUT2D eigenvalue weighted by molar-refractivity contribution is 7.99. The van der Waals surface area contributed by atoms with E-state index in [0.29, 0.717) is 16.1 Å². The summed E-state index contributed by atoms with van der Waals surface area (Å²) in [6.07, 6.45) is 0. The van der Waals surface area contributed by atoms with Crippen LogP contribution in [-0.2, 0) is 0 Å². The molecule has 0 aliphatic rings. The van der Waals surface area contributed by atoms with E-state index in [-0.39, 0.29) is 5.63 Å². The van der Waals surface area contributed by atoms with Gasteiger partial charge >= 0.3 is 5.63 Å². The third-order valence-corrected chi connectivity index (χ3v) is 2.49. The monoisotopic (exact) mass is 207 g/mol. The molecule has 1 heterocycles. The molecule has 4 heteroatoms. The van der Waals surface area contributed by atoms with E-state index in [1.807, 2.05) is 19.1 Å². The first-order valence-corrected chi connectivity index (χ1v) is 5.32. The van der Waals surface area contributed by atoms with Crippen LogP contribution in [0.3, 0.4) is 0 Å². The van der Waals surface area contributed by atoms with Crippen LogP contribution < -0.4 is 5.63 Å². The molecule has 1 aromatic heterocycles. The summed E-state index contributed by atoms with van der Waals surface area (Å²) in [5.74, 6) is 0.842. The van der Waals surface area contributed by atoms with Crippen LogP contribution in [0.1, 0.15) is 6.92 Å². The molecule has 0 N–H and O–H groups in total. The Balaban J connectivity index is 2.66. The Bertz CT molecular complexity index is 507. The maximum Gasteiger partial charge on any atom is 0.347 e. The summed E-state index contributed by atoms with van der Waals surface area (Å²) in [5, 5.41) is 0.976. The Morgan fingerprint density at radius 1 is 1.43 bits per heavy atom. The first-order valence-electron chi connectivity index (χ1n) is 4.34. The van der Waals surface area contributed by atoms with Gasteiger partial charge in [0.1, 0.15) is 0 Å². The van der Waals surface area contributed by atoms with Gasteiger partial charge in [-0.05, 0) is 17.9 Å². The van der Waals surface area contributed by atoms with E-state index in [9.17, 15) is 4.79 Å². The van der Waals surface area contributed by atoms with Gasteiger partial charge in [-0.15, -0.1) is 0 Å². The van der Waals surface area contributed by atoms with Crippen LogP contribution in [0.15, 0.2) is 38.7 Å². The second-order valence-corrected chi connectivity index (χ2v) is 3.93. The first kappa shape index (κ1) is 9.27. The zero-order chi connectivity index (χ0) is 9.97. The molecule has 0 radical (unpaired) electrons. The lowest BCUT2D eigenvalue weighted by Gasteiger charge is -1.97. The SMILES string of the molecule is CCSc1nc2ccccc2c(=O)o1. The summed E-state index contributed by atoms with van der Waals surface area (Å²) in [7, 11) is 0. The van der Waals surface area contributed by atoms with Gasteiger partial charge in [0.25, 0.3) is 5.22 Å². The zero-order valence-corrected chi connectivity index (χ0v) is 8.50. The van der Waals surface area contributed by atoms with Crippen LogP contribution in [0.25, 0.3) is 10.9 Å². The van der Waals surface area contributed by atoms with Crippen molar-refractivity contribution in [3.63, 3.8) is 0 Å². The van der Waals surface area contributed by atoms with Crippen molar-refractivity contribution in [2.24, 2.45) is 0 Å². The molecule has 0 spiro atoms. The molecule has 0 bridgehead atoms. The Morgan fingerprint density at radius 2 is 2.21 bits per heavy atom. The number of para-hydroxylation sites is 1. The Labute approximate surface area is 85.2 Å². The zero-order valence-electron chi connectivity index (χ0n) is 7.69. The van der Waals surface area contributed by atoms with Crippen molar-refractivity contribution in [2.45, 2.75) is 12.1 Å². The predicted molar refractivity (Wildman–Crippen MR) is 56.7 cm³/mol. The standard InChI is InChI=1S/C10H9NO2S/c1-2-14-10-11-8-6-4-3-5-7(8)9(12)13-10/h3-6H,2H2,1H3. The normalized spacial score (nSPS) is 10.6. The van der Waals surface area contributed by atoms with Gasteiger partial charge in [-0.25, -0.2) is 9.78 Å². The molecule has 0 saturated heterocycles.